The molecule has 0 spiro atoms. The molecular weight excluding hydrogens is 246 g/mol. The van der Waals surface area contributed by atoms with Crippen LogP contribution in [0.4, 0.5) is 4.79 Å². The first-order valence-corrected chi connectivity index (χ1v) is 6.74. The van der Waals surface area contributed by atoms with Gasteiger partial charge < -0.3 is 9.84 Å². The molecule has 0 aromatic heterocycles. The zero-order valence-electron chi connectivity index (χ0n) is 11.7. The largest absolute Gasteiger partial charge is 0.478 e. The molecule has 1 saturated heterocycles. The molecule has 2 heterocycles. The molecule has 2 atom stereocenters. The van der Waals surface area contributed by atoms with Crippen molar-refractivity contribution in [2.45, 2.75) is 64.1 Å². The molecule has 0 aromatic carbocycles. The van der Waals surface area contributed by atoms with Crippen LogP contribution >= 0.6 is 0 Å². The number of aliphatic carboxylic acids is 1. The van der Waals surface area contributed by atoms with Crippen LogP contribution in [0.15, 0.2) is 11.6 Å². The molecule has 1 amide bonds. The van der Waals surface area contributed by atoms with Crippen molar-refractivity contribution in [2.75, 3.05) is 0 Å². The third-order valence-corrected chi connectivity index (χ3v) is 3.58. The summed E-state index contributed by atoms with van der Waals surface area (Å²) in [5.41, 5.74) is -0.221. The minimum Gasteiger partial charge on any atom is -0.478 e. The molecule has 0 aromatic rings. The zero-order chi connectivity index (χ0) is 14.2. The summed E-state index contributed by atoms with van der Waals surface area (Å²) in [5, 5.41) is 9.27. The number of amides is 1. The van der Waals surface area contributed by atoms with Crippen molar-refractivity contribution in [3.8, 4) is 0 Å². The second kappa shape index (κ2) is 4.87. The van der Waals surface area contributed by atoms with Crippen LogP contribution in [-0.2, 0) is 9.53 Å². The van der Waals surface area contributed by atoms with Gasteiger partial charge in [-0.2, -0.15) is 0 Å². The minimum atomic E-state index is -0.930. The van der Waals surface area contributed by atoms with E-state index in [4.69, 9.17) is 4.74 Å². The Morgan fingerprint density at radius 1 is 1.32 bits per heavy atom. The number of carboxylic acid groups (broad SMARTS) is 1. The van der Waals surface area contributed by atoms with Crippen LogP contribution in [0, 0.1) is 0 Å². The van der Waals surface area contributed by atoms with Gasteiger partial charge in [-0.15, -0.1) is 0 Å². The number of ether oxygens (including phenoxy) is 1. The Kier molecular flexibility index (Phi) is 3.56. The summed E-state index contributed by atoms with van der Waals surface area (Å²) >= 11 is 0. The van der Waals surface area contributed by atoms with Gasteiger partial charge in [-0.3, -0.25) is 4.90 Å². The lowest BCUT2D eigenvalue weighted by molar-refractivity contribution is -0.133. The van der Waals surface area contributed by atoms with Crippen molar-refractivity contribution in [1.29, 1.82) is 0 Å². The van der Waals surface area contributed by atoms with E-state index in [9.17, 15) is 14.7 Å². The number of carbonyl (C=O) groups is 2. The average Bonchev–Trinajstić information content (AvgIpc) is 2.51. The smallest absolute Gasteiger partial charge is 0.411 e. The van der Waals surface area contributed by atoms with E-state index >= 15 is 0 Å². The van der Waals surface area contributed by atoms with Gasteiger partial charge in [0.1, 0.15) is 5.60 Å². The molecule has 0 saturated carbocycles. The molecule has 5 nitrogen and oxygen atoms in total. The Labute approximate surface area is 113 Å². The highest BCUT2D eigenvalue weighted by Crippen LogP contribution is 2.35. The maximum absolute atomic E-state index is 12.3. The molecule has 1 N–H and O–H groups in total. The summed E-state index contributed by atoms with van der Waals surface area (Å²) in [4.78, 5) is 25.2. The Morgan fingerprint density at radius 3 is 2.58 bits per heavy atom. The van der Waals surface area contributed by atoms with E-state index in [1.54, 1.807) is 11.0 Å². The van der Waals surface area contributed by atoms with Crippen LogP contribution in [0.25, 0.3) is 0 Å². The van der Waals surface area contributed by atoms with Crippen LogP contribution in [0.3, 0.4) is 0 Å². The van der Waals surface area contributed by atoms with Gasteiger partial charge >= 0.3 is 12.1 Å². The molecule has 2 rings (SSSR count). The molecule has 2 aliphatic rings. The van der Waals surface area contributed by atoms with Gasteiger partial charge in [0.2, 0.25) is 0 Å². The Hall–Kier alpha value is -1.52. The predicted molar refractivity (Wildman–Crippen MR) is 69.8 cm³/mol. The quantitative estimate of drug-likeness (QED) is 0.793. The number of carbonyl (C=O) groups excluding carboxylic acids is 1. The molecule has 0 aliphatic carbocycles. The van der Waals surface area contributed by atoms with E-state index in [1.807, 2.05) is 20.8 Å². The molecule has 2 bridgehead atoms. The molecule has 0 unspecified atom stereocenters. The van der Waals surface area contributed by atoms with E-state index in [-0.39, 0.29) is 12.1 Å². The second-order valence-electron chi connectivity index (χ2n) is 6.18. The van der Waals surface area contributed by atoms with E-state index in [0.29, 0.717) is 18.4 Å². The number of hydrogen-bond acceptors (Lipinski definition) is 3. The number of fused-ring (bicyclic) bond motifs is 2. The first kappa shape index (κ1) is 13.9. The molecule has 0 radical (unpaired) electrons. The molecule has 19 heavy (non-hydrogen) atoms. The van der Waals surface area contributed by atoms with Crippen LogP contribution in [0.5, 0.6) is 0 Å². The first-order chi connectivity index (χ1) is 8.79. The third-order valence-electron chi connectivity index (χ3n) is 3.58. The van der Waals surface area contributed by atoms with Gasteiger partial charge in [-0.25, -0.2) is 9.59 Å². The number of carboxylic acids is 1. The number of rotatable bonds is 1. The summed E-state index contributed by atoms with van der Waals surface area (Å²) in [6.07, 6.45) is 4.45. The van der Waals surface area contributed by atoms with Crippen molar-refractivity contribution in [2.24, 2.45) is 0 Å². The summed E-state index contributed by atoms with van der Waals surface area (Å²) in [5.74, 6) is -0.930. The Bertz CT molecular complexity index is 422. The van der Waals surface area contributed by atoms with Crippen molar-refractivity contribution in [1.82, 2.24) is 4.90 Å². The van der Waals surface area contributed by atoms with Gasteiger partial charge in [0.05, 0.1) is 11.6 Å². The van der Waals surface area contributed by atoms with Crippen LogP contribution < -0.4 is 0 Å². The van der Waals surface area contributed by atoms with E-state index in [0.717, 1.165) is 12.8 Å². The van der Waals surface area contributed by atoms with Crippen LogP contribution in [0.1, 0.15) is 46.5 Å². The summed E-state index contributed by atoms with van der Waals surface area (Å²) in [6, 6.07) is -0.229. The molecule has 2 aliphatic heterocycles. The highest BCUT2D eigenvalue weighted by molar-refractivity contribution is 5.89. The lowest BCUT2D eigenvalue weighted by Gasteiger charge is -2.31. The first-order valence-electron chi connectivity index (χ1n) is 6.74. The highest BCUT2D eigenvalue weighted by Gasteiger charge is 2.43. The lowest BCUT2D eigenvalue weighted by atomic mass is 10.00. The topological polar surface area (TPSA) is 66.8 Å². The SMILES string of the molecule is CC(C)(C)OC(=O)N1[C@@H]2CCC=C(C(=O)O)[C@H]1CC2. The van der Waals surface area contributed by atoms with Crippen LogP contribution in [-0.4, -0.2) is 39.8 Å². The van der Waals surface area contributed by atoms with Crippen molar-refractivity contribution in [3.05, 3.63) is 11.6 Å². The minimum absolute atomic E-state index is 0.105. The zero-order valence-corrected chi connectivity index (χ0v) is 11.7. The average molecular weight is 267 g/mol. The predicted octanol–water partition coefficient (Wildman–Crippen LogP) is 2.56. The number of nitrogens with zero attached hydrogens (tertiary/aromatic N) is 1. The fourth-order valence-corrected chi connectivity index (χ4v) is 2.86. The molecule has 5 heteroatoms. The molecule has 1 fully saturated rings. The normalized spacial score (nSPS) is 26.7. The molecular formula is C14H21NO4. The Balaban J connectivity index is 2.23. The monoisotopic (exact) mass is 267 g/mol. The van der Waals surface area contributed by atoms with Gasteiger partial charge in [0.15, 0.2) is 0 Å². The lowest BCUT2D eigenvalue weighted by Crippen LogP contribution is -2.45. The van der Waals surface area contributed by atoms with Crippen molar-refractivity contribution >= 4 is 12.1 Å². The van der Waals surface area contributed by atoms with Crippen molar-refractivity contribution in [3.63, 3.8) is 0 Å². The van der Waals surface area contributed by atoms with Gasteiger partial charge in [0.25, 0.3) is 0 Å². The van der Waals surface area contributed by atoms with Gasteiger partial charge in [-0.05, 0) is 46.5 Å². The van der Waals surface area contributed by atoms with Crippen molar-refractivity contribution < 1.29 is 19.4 Å². The summed E-state index contributed by atoms with van der Waals surface area (Å²) in [6.45, 7) is 5.45. The van der Waals surface area contributed by atoms with E-state index < -0.39 is 17.7 Å². The van der Waals surface area contributed by atoms with E-state index in [1.165, 1.54) is 0 Å². The maximum atomic E-state index is 12.3. The second-order valence-corrected chi connectivity index (χ2v) is 6.18. The maximum Gasteiger partial charge on any atom is 0.411 e. The molecule has 106 valence electrons. The fraction of sp³-hybridized carbons (Fsp3) is 0.714. The third kappa shape index (κ3) is 2.91. The van der Waals surface area contributed by atoms with E-state index in [2.05, 4.69) is 0 Å². The number of allylic oxidation sites excluding steroid dienone is 1. The number of hydrogen-bond donors (Lipinski definition) is 1. The summed E-state index contributed by atoms with van der Waals surface area (Å²) < 4.78 is 5.41. The van der Waals surface area contributed by atoms with Crippen LogP contribution in [0.2, 0.25) is 0 Å². The van der Waals surface area contributed by atoms with Gasteiger partial charge in [-0.1, -0.05) is 6.08 Å². The Morgan fingerprint density at radius 2 is 2.00 bits per heavy atom. The highest BCUT2D eigenvalue weighted by atomic mass is 16.6. The van der Waals surface area contributed by atoms with Gasteiger partial charge in [0, 0.05) is 6.04 Å². The fourth-order valence-electron chi connectivity index (χ4n) is 2.86. The summed E-state index contributed by atoms with van der Waals surface area (Å²) in [7, 11) is 0. The standard InChI is InChI=1S/C14H21NO4/c1-14(2,3)19-13(18)15-9-5-4-6-10(12(16)17)11(15)8-7-9/h6,9,11H,4-5,7-8H2,1-3H3,(H,16,17)/t9-,11-/m1/s1.